The van der Waals surface area contributed by atoms with Crippen LogP contribution in [0.4, 0.5) is 0 Å². The molecular weight excluding hydrogens is 606 g/mol. The number of nitrogens with one attached hydrogen (secondary N) is 5. The van der Waals surface area contributed by atoms with Gasteiger partial charge in [-0.3, -0.25) is 19.4 Å². The molecule has 4 rings (SSSR count). The predicted molar refractivity (Wildman–Crippen MR) is 177 cm³/mol. The number of carboxylic acid groups (broad SMARTS) is 1. The van der Waals surface area contributed by atoms with E-state index in [0.29, 0.717) is 12.0 Å². The molecule has 0 bridgehead atoms. The fourth-order valence-electron chi connectivity index (χ4n) is 5.30. The van der Waals surface area contributed by atoms with Crippen LogP contribution in [0.1, 0.15) is 30.9 Å². The second-order valence-electron chi connectivity index (χ2n) is 11.4. The number of para-hydroxylation sites is 2. The minimum absolute atomic E-state index is 0.0220. The van der Waals surface area contributed by atoms with Gasteiger partial charge in [0.25, 0.3) is 0 Å². The van der Waals surface area contributed by atoms with Gasteiger partial charge in [0, 0.05) is 53.6 Å². The summed E-state index contributed by atoms with van der Waals surface area (Å²) in [5.41, 5.74) is 19.9. The van der Waals surface area contributed by atoms with Crippen molar-refractivity contribution in [1.82, 2.24) is 25.9 Å². The number of aromatic nitrogens is 2. The van der Waals surface area contributed by atoms with Crippen molar-refractivity contribution in [2.24, 2.45) is 22.2 Å². The predicted octanol–water partition coefficient (Wildman–Crippen LogP) is -0.265. The van der Waals surface area contributed by atoms with Crippen molar-refractivity contribution in [1.29, 1.82) is 0 Å². The highest BCUT2D eigenvalue weighted by atomic mass is 16.4. The smallest absolute Gasteiger partial charge is 0.328 e. The Morgan fingerprint density at radius 2 is 1.30 bits per heavy atom. The first-order valence-corrected chi connectivity index (χ1v) is 15.2. The Labute approximate surface area is 270 Å². The van der Waals surface area contributed by atoms with Crippen LogP contribution in [0.25, 0.3) is 21.8 Å². The van der Waals surface area contributed by atoms with Crippen molar-refractivity contribution < 1.29 is 29.4 Å². The average molecular weight is 648 g/mol. The van der Waals surface area contributed by atoms with Crippen LogP contribution in [0, 0.1) is 0 Å². The van der Waals surface area contributed by atoms with Gasteiger partial charge in [-0.15, -0.1) is 0 Å². The molecule has 13 N–H and O–H groups in total. The van der Waals surface area contributed by atoms with Crippen molar-refractivity contribution in [2.75, 3.05) is 6.54 Å². The van der Waals surface area contributed by atoms with Gasteiger partial charge in [0.05, 0.1) is 12.1 Å². The van der Waals surface area contributed by atoms with E-state index in [0.717, 1.165) is 27.4 Å². The zero-order chi connectivity index (χ0) is 34.1. The standard InChI is InChI=1S/C32H41N9O6/c1-17(42)27(31(46)47)41-30(45)26(14-19-16-38-24-11-5-3-8-21(19)24)40-29(44)25(13-18-15-37-23-10-4-2-7-20(18)23)39-28(43)22(33)9-6-12-36-32(34)35/h2-5,7-8,10-11,15-17,22,25-27,37-38,42H,6,9,12-14,33H2,1H3,(H,39,43)(H,40,44)(H,41,45)(H,46,47)(H4,34,35,36). The highest BCUT2D eigenvalue weighted by molar-refractivity contribution is 5.95. The third kappa shape index (κ3) is 9.08. The summed E-state index contributed by atoms with van der Waals surface area (Å²) in [6.45, 7) is 1.51. The van der Waals surface area contributed by atoms with Crippen LogP contribution >= 0.6 is 0 Å². The van der Waals surface area contributed by atoms with Gasteiger partial charge in [-0.25, -0.2) is 4.79 Å². The van der Waals surface area contributed by atoms with Gasteiger partial charge in [0.2, 0.25) is 17.7 Å². The number of hydrogen-bond donors (Lipinski definition) is 10. The Morgan fingerprint density at radius 1 is 0.809 bits per heavy atom. The lowest BCUT2D eigenvalue weighted by atomic mass is 10.0. The van der Waals surface area contributed by atoms with Crippen molar-refractivity contribution >= 4 is 51.5 Å². The summed E-state index contributed by atoms with van der Waals surface area (Å²) in [4.78, 5) is 62.7. The molecule has 0 radical (unpaired) electrons. The van der Waals surface area contributed by atoms with Crippen LogP contribution in [0.15, 0.2) is 65.9 Å². The van der Waals surface area contributed by atoms with E-state index in [9.17, 15) is 29.4 Å². The monoisotopic (exact) mass is 647 g/mol. The number of rotatable bonds is 16. The van der Waals surface area contributed by atoms with Gasteiger partial charge in [-0.05, 0) is 43.0 Å². The molecule has 0 aliphatic carbocycles. The number of guanidine groups is 1. The molecule has 15 heteroatoms. The van der Waals surface area contributed by atoms with Crippen LogP contribution in [-0.2, 0) is 32.0 Å². The van der Waals surface area contributed by atoms with Crippen LogP contribution in [0.2, 0.25) is 0 Å². The molecule has 0 aliphatic heterocycles. The minimum atomic E-state index is -1.62. The molecule has 2 aromatic heterocycles. The van der Waals surface area contributed by atoms with Gasteiger partial charge >= 0.3 is 5.97 Å². The molecule has 15 nitrogen and oxygen atoms in total. The molecule has 3 amide bonds. The fraction of sp³-hybridized carbons (Fsp3) is 0.344. The number of hydrogen-bond acceptors (Lipinski definition) is 7. The van der Waals surface area contributed by atoms with E-state index in [1.165, 1.54) is 6.92 Å². The van der Waals surface area contributed by atoms with Gasteiger partial charge in [-0.2, -0.15) is 0 Å². The molecule has 0 aliphatic rings. The number of fused-ring (bicyclic) bond motifs is 2. The molecular formula is C32H41N9O6. The van der Waals surface area contributed by atoms with Gasteiger partial charge in [-0.1, -0.05) is 36.4 Å². The summed E-state index contributed by atoms with van der Waals surface area (Å²) in [5, 5.41) is 29.0. The summed E-state index contributed by atoms with van der Waals surface area (Å²) < 4.78 is 0. The summed E-state index contributed by atoms with van der Waals surface area (Å²) in [6, 6.07) is 9.80. The van der Waals surface area contributed by atoms with Crippen LogP contribution in [0.5, 0.6) is 0 Å². The Balaban J connectivity index is 1.61. The zero-order valence-electron chi connectivity index (χ0n) is 25.9. The van der Waals surface area contributed by atoms with E-state index in [2.05, 4.69) is 30.9 Å². The Morgan fingerprint density at radius 3 is 1.79 bits per heavy atom. The maximum atomic E-state index is 14.0. The molecule has 2 aromatic carbocycles. The maximum absolute atomic E-state index is 14.0. The van der Waals surface area contributed by atoms with Crippen LogP contribution in [0.3, 0.4) is 0 Å². The third-order valence-corrected chi connectivity index (χ3v) is 7.81. The lowest BCUT2D eigenvalue weighted by Crippen LogP contribution is -2.59. The molecule has 2 heterocycles. The molecule has 5 unspecified atom stereocenters. The zero-order valence-corrected chi connectivity index (χ0v) is 25.9. The third-order valence-electron chi connectivity index (χ3n) is 7.81. The number of nitrogens with zero attached hydrogens (tertiary/aromatic N) is 1. The molecule has 0 saturated carbocycles. The van der Waals surface area contributed by atoms with Crippen LogP contribution < -0.4 is 33.2 Å². The summed E-state index contributed by atoms with van der Waals surface area (Å²) >= 11 is 0. The molecule has 0 saturated heterocycles. The quantitative estimate of drug-likeness (QED) is 0.0435. The second-order valence-corrected chi connectivity index (χ2v) is 11.4. The topological polar surface area (TPSA) is 267 Å². The van der Waals surface area contributed by atoms with Gasteiger partial charge < -0.3 is 53.3 Å². The van der Waals surface area contributed by atoms with E-state index >= 15 is 0 Å². The number of nitrogens with two attached hydrogens (primary N) is 3. The molecule has 4 aromatic rings. The van der Waals surface area contributed by atoms with E-state index in [1.54, 1.807) is 12.4 Å². The number of aliphatic carboxylic acids is 1. The van der Waals surface area contributed by atoms with E-state index in [4.69, 9.17) is 17.2 Å². The van der Waals surface area contributed by atoms with Gasteiger partial charge in [0.1, 0.15) is 12.1 Å². The number of aromatic amines is 2. The van der Waals surface area contributed by atoms with Crippen molar-refractivity contribution in [3.8, 4) is 0 Å². The summed E-state index contributed by atoms with van der Waals surface area (Å²) in [5.74, 6) is -3.63. The summed E-state index contributed by atoms with van der Waals surface area (Å²) in [7, 11) is 0. The second kappa shape index (κ2) is 15.7. The van der Waals surface area contributed by atoms with Crippen molar-refractivity contribution in [3.05, 3.63) is 72.1 Å². The first-order valence-electron chi connectivity index (χ1n) is 15.2. The SMILES string of the molecule is CC(O)C(NC(=O)C(Cc1c[nH]c2ccccc12)NC(=O)C(Cc1c[nH]c2ccccc12)NC(=O)C(N)CCCN=C(N)N)C(=O)O. The van der Waals surface area contributed by atoms with E-state index in [-0.39, 0.29) is 31.8 Å². The minimum Gasteiger partial charge on any atom is -0.480 e. The van der Waals surface area contributed by atoms with Crippen molar-refractivity contribution in [2.45, 2.75) is 62.9 Å². The molecule has 5 atom stereocenters. The fourth-order valence-corrected chi connectivity index (χ4v) is 5.30. The first-order chi connectivity index (χ1) is 22.4. The van der Waals surface area contributed by atoms with Crippen molar-refractivity contribution in [3.63, 3.8) is 0 Å². The lowest BCUT2D eigenvalue weighted by molar-refractivity contribution is -0.145. The Hall–Kier alpha value is -5.41. The number of benzene rings is 2. The van der Waals surface area contributed by atoms with E-state index < -0.39 is 54.0 Å². The van der Waals surface area contributed by atoms with Crippen LogP contribution in [-0.4, -0.2) is 86.6 Å². The normalized spacial score (nSPS) is 14.4. The molecule has 0 fully saturated rings. The molecule has 250 valence electrons. The van der Waals surface area contributed by atoms with E-state index in [1.807, 2.05) is 48.5 Å². The Bertz CT molecular complexity index is 1740. The number of aliphatic hydroxyl groups excluding tert-OH is 1. The number of amides is 3. The van der Waals surface area contributed by atoms with Gasteiger partial charge in [0.15, 0.2) is 12.0 Å². The number of H-pyrrole nitrogens is 2. The largest absolute Gasteiger partial charge is 0.480 e. The summed E-state index contributed by atoms with van der Waals surface area (Å²) in [6.07, 6.45) is 2.72. The number of aliphatic imine (C=N–C) groups is 1. The molecule has 0 spiro atoms. The maximum Gasteiger partial charge on any atom is 0.328 e. The average Bonchev–Trinajstić information content (AvgIpc) is 3.64. The lowest BCUT2D eigenvalue weighted by Gasteiger charge is -2.26. The number of carbonyl (C=O) groups is 4. The highest BCUT2D eigenvalue weighted by Gasteiger charge is 2.33. The number of aliphatic hydroxyl groups is 1. The number of carbonyl (C=O) groups excluding carboxylic acids is 3. The Kier molecular flexibility index (Phi) is 11.5. The highest BCUT2D eigenvalue weighted by Crippen LogP contribution is 2.21. The first kappa shape index (κ1) is 34.5. The number of carboxylic acids is 1. The molecule has 47 heavy (non-hydrogen) atoms.